The number of allylic oxidation sites excluding steroid dienone is 2. The Bertz CT molecular complexity index is 2200. The predicted octanol–water partition coefficient (Wildman–Crippen LogP) is 5.94. The van der Waals surface area contributed by atoms with Crippen LogP contribution in [0.5, 0.6) is 5.75 Å². The Labute approximate surface area is 266 Å². The molecule has 0 radical (unpaired) electrons. The fourth-order valence-electron chi connectivity index (χ4n) is 5.62. The van der Waals surface area contributed by atoms with Crippen LogP contribution in [0, 0.1) is 0 Å². The third kappa shape index (κ3) is 7.40. The smallest absolute Gasteiger partial charge is 0.374 e. The maximum absolute atomic E-state index is 11.5. The number of oxazole rings is 1. The van der Waals surface area contributed by atoms with Gasteiger partial charge in [-0.3, -0.25) is 9.11 Å². The van der Waals surface area contributed by atoms with Gasteiger partial charge in [0.15, 0.2) is 12.3 Å². The van der Waals surface area contributed by atoms with Crippen molar-refractivity contribution in [2.75, 3.05) is 23.0 Å². The SMILES string of the molecule is CCC(=Cc1oc2cc3ccccc3cc2[n+]1CCCS(=O)(=O)O)C=C1Oc2cc3ccccc3cc2N1CCCS(=O)(=O)O.[OH-]. The highest BCUT2D eigenvalue weighted by Gasteiger charge is 2.28. The molecule has 0 saturated heterocycles. The molecule has 0 amide bonds. The molecule has 11 nitrogen and oxygen atoms in total. The first-order valence-corrected chi connectivity index (χ1v) is 17.9. The first kappa shape index (κ1) is 33.1. The molecule has 5 aromatic rings. The molecule has 2 heterocycles. The number of ether oxygens (including phenoxy) is 1. The summed E-state index contributed by atoms with van der Waals surface area (Å²) in [4.78, 5) is 1.90. The molecule has 0 atom stereocenters. The number of fused-ring (bicyclic) bond motifs is 4. The van der Waals surface area contributed by atoms with Gasteiger partial charge in [0.2, 0.25) is 11.5 Å². The summed E-state index contributed by atoms with van der Waals surface area (Å²) in [5.41, 5.74) is 3.06. The van der Waals surface area contributed by atoms with Crippen molar-refractivity contribution in [3.8, 4) is 5.75 Å². The summed E-state index contributed by atoms with van der Waals surface area (Å²) in [7, 11) is -8.26. The molecule has 1 aromatic heterocycles. The molecule has 1 aliphatic rings. The van der Waals surface area contributed by atoms with Crippen LogP contribution in [-0.4, -0.2) is 49.5 Å². The van der Waals surface area contributed by atoms with Crippen molar-refractivity contribution >= 4 is 64.6 Å². The van der Waals surface area contributed by atoms with Crippen LogP contribution in [0.2, 0.25) is 0 Å². The van der Waals surface area contributed by atoms with Crippen LogP contribution in [0.3, 0.4) is 0 Å². The van der Waals surface area contributed by atoms with Gasteiger partial charge in [-0.1, -0.05) is 55.5 Å². The van der Waals surface area contributed by atoms with Gasteiger partial charge in [-0.05, 0) is 58.2 Å². The predicted molar refractivity (Wildman–Crippen MR) is 176 cm³/mol. The van der Waals surface area contributed by atoms with Crippen LogP contribution in [0.1, 0.15) is 32.1 Å². The largest absolute Gasteiger partial charge is 0.870 e. The minimum Gasteiger partial charge on any atom is -0.870 e. The molecule has 242 valence electrons. The summed E-state index contributed by atoms with van der Waals surface area (Å²) in [6.45, 7) is 2.57. The molecule has 13 heteroatoms. The minimum absolute atomic E-state index is 0. The van der Waals surface area contributed by atoms with Crippen LogP contribution in [0.15, 0.2) is 94.7 Å². The number of hydrogen-bond donors (Lipinski definition) is 2. The average molecular weight is 667 g/mol. The normalized spacial score (nSPS) is 14.6. The van der Waals surface area contributed by atoms with Crippen LogP contribution in [-0.2, 0) is 26.8 Å². The van der Waals surface area contributed by atoms with Gasteiger partial charge in [0.1, 0.15) is 0 Å². The third-order valence-corrected chi connectivity index (χ3v) is 9.40. The molecule has 4 aromatic carbocycles. The maximum Gasteiger partial charge on any atom is 0.374 e. The molecule has 0 bridgehead atoms. The van der Waals surface area contributed by atoms with E-state index in [-0.39, 0.29) is 29.8 Å². The number of aromatic nitrogens is 1. The van der Waals surface area contributed by atoms with Crippen LogP contribution in [0.25, 0.3) is 38.7 Å². The van der Waals surface area contributed by atoms with E-state index in [4.69, 9.17) is 9.15 Å². The van der Waals surface area contributed by atoms with E-state index < -0.39 is 20.2 Å². The van der Waals surface area contributed by atoms with Crippen LogP contribution < -0.4 is 14.2 Å². The van der Waals surface area contributed by atoms with Crippen molar-refractivity contribution in [2.24, 2.45) is 0 Å². The molecule has 0 unspecified atom stereocenters. The molecule has 0 spiro atoms. The number of benzene rings is 4. The highest BCUT2D eigenvalue weighted by molar-refractivity contribution is 7.86. The Morgan fingerprint density at radius 1 is 0.848 bits per heavy atom. The molecule has 0 aliphatic carbocycles. The molecule has 1 aliphatic heterocycles. The van der Waals surface area contributed by atoms with Crippen molar-refractivity contribution in [3.05, 3.63) is 96.2 Å². The molecule has 3 N–H and O–H groups in total. The van der Waals surface area contributed by atoms with E-state index >= 15 is 0 Å². The summed E-state index contributed by atoms with van der Waals surface area (Å²) < 4.78 is 79.1. The van der Waals surface area contributed by atoms with Gasteiger partial charge < -0.3 is 19.5 Å². The Morgan fingerprint density at radius 3 is 2.07 bits per heavy atom. The van der Waals surface area contributed by atoms with Gasteiger partial charge in [0.25, 0.3) is 25.8 Å². The number of nitrogens with zero attached hydrogens (tertiary/aromatic N) is 2. The topological polar surface area (TPSA) is 168 Å². The lowest BCUT2D eigenvalue weighted by Gasteiger charge is -2.18. The van der Waals surface area contributed by atoms with Crippen LogP contribution in [0.4, 0.5) is 5.69 Å². The second kappa shape index (κ2) is 13.2. The number of hydrogen-bond acceptors (Lipinski definition) is 8. The number of aryl methyl sites for hydroxylation is 1. The lowest BCUT2D eigenvalue weighted by Crippen LogP contribution is -2.36. The standard InChI is InChI=1S/C33H32N2O8S2.H2O/c1-2-23(17-32-34(13-7-15-44(36,37)38)28-19-24-9-3-5-11-26(24)21-30(28)42-32)18-33-35(14-8-16-45(39,40)41)29-20-25-10-4-6-12-27(25)22-31(29)43-33;/h3-6,9-12,17-22H,2,7-8,13-16H2,1H3,(H-,36,37,38,39,40,41);1H2. The third-order valence-electron chi connectivity index (χ3n) is 7.79. The average Bonchev–Trinajstić information content (AvgIpc) is 3.48. The summed E-state index contributed by atoms with van der Waals surface area (Å²) in [6.07, 6.45) is 4.71. The molecule has 0 fully saturated rings. The molecular formula is C33H34N2O9S2. The highest BCUT2D eigenvalue weighted by Crippen LogP contribution is 2.42. The van der Waals surface area contributed by atoms with Crippen molar-refractivity contribution < 1.29 is 45.1 Å². The minimum atomic E-state index is -4.13. The zero-order valence-corrected chi connectivity index (χ0v) is 26.7. The van der Waals surface area contributed by atoms with E-state index in [9.17, 15) is 25.9 Å². The number of rotatable bonds is 11. The zero-order valence-electron chi connectivity index (χ0n) is 25.0. The van der Waals surface area contributed by atoms with Gasteiger partial charge >= 0.3 is 5.89 Å². The quantitative estimate of drug-likeness (QED) is 0.127. The van der Waals surface area contributed by atoms with E-state index in [0.717, 1.165) is 38.3 Å². The Hall–Kier alpha value is -4.27. The highest BCUT2D eigenvalue weighted by atomic mass is 32.2. The molecule has 46 heavy (non-hydrogen) atoms. The van der Waals surface area contributed by atoms with E-state index in [1.807, 2.05) is 101 Å². The summed E-state index contributed by atoms with van der Waals surface area (Å²) >= 11 is 0. The molecular weight excluding hydrogens is 633 g/mol. The summed E-state index contributed by atoms with van der Waals surface area (Å²) in [5.74, 6) is 0.880. The van der Waals surface area contributed by atoms with Crippen LogP contribution >= 0.6 is 0 Å². The molecule has 6 rings (SSSR count). The summed E-state index contributed by atoms with van der Waals surface area (Å²) in [6, 6.07) is 23.7. The van der Waals surface area contributed by atoms with Gasteiger partial charge in [-0.15, -0.1) is 0 Å². The van der Waals surface area contributed by atoms with Gasteiger partial charge in [0.05, 0.1) is 23.3 Å². The second-order valence-electron chi connectivity index (χ2n) is 11.0. The van der Waals surface area contributed by atoms with E-state index in [2.05, 4.69) is 0 Å². The van der Waals surface area contributed by atoms with Gasteiger partial charge in [0, 0.05) is 25.1 Å². The lowest BCUT2D eigenvalue weighted by molar-refractivity contribution is -0.677. The molecule has 0 saturated carbocycles. The van der Waals surface area contributed by atoms with Crippen molar-refractivity contribution in [1.82, 2.24) is 0 Å². The summed E-state index contributed by atoms with van der Waals surface area (Å²) in [5, 5.41) is 4.02. The number of anilines is 1. The van der Waals surface area contributed by atoms with E-state index in [1.165, 1.54) is 0 Å². The Kier molecular flexibility index (Phi) is 9.52. The lowest BCUT2D eigenvalue weighted by atomic mass is 10.1. The van der Waals surface area contributed by atoms with Gasteiger partial charge in [-0.25, -0.2) is 0 Å². The fourth-order valence-corrected chi connectivity index (χ4v) is 6.61. The van der Waals surface area contributed by atoms with Crippen molar-refractivity contribution in [2.45, 2.75) is 32.7 Å². The Morgan fingerprint density at radius 2 is 1.43 bits per heavy atom. The van der Waals surface area contributed by atoms with Crippen molar-refractivity contribution in [3.63, 3.8) is 0 Å². The zero-order chi connectivity index (χ0) is 31.8. The maximum atomic E-state index is 11.5. The van der Waals surface area contributed by atoms with E-state index in [0.29, 0.717) is 42.6 Å². The van der Waals surface area contributed by atoms with Gasteiger partial charge in [-0.2, -0.15) is 21.4 Å². The second-order valence-corrected chi connectivity index (χ2v) is 14.2. The fraction of sp³-hybridized carbons (Fsp3) is 0.242. The Balaban J connectivity index is 0.00000417. The van der Waals surface area contributed by atoms with E-state index in [1.54, 1.807) is 0 Å². The first-order chi connectivity index (χ1) is 21.5. The van der Waals surface area contributed by atoms with Crippen molar-refractivity contribution in [1.29, 1.82) is 0 Å². The first-order valence-electron chi connectivity index (χ1n) is 14.6. The monoisotopic (exact) mass is 666 g/mol.